The van der Waals surface area contributed by atoms with Gasteiger partial charge in [0, 0.05) is 25.2 Å². The number of hydrogen-bond donors (Lipinski definition) is 2. The Morgan fingerprint density at radius 3 is 2.33 bits per heavy atom. The van der Waals surface area contributed by atoms with Crippen molar-refractivity contribution < 1.29 is 18.3 Å². The minimum Gasteiger partial charge on any atom is -0.508 e. The van der Waals surface area contributed by atoms with E-state index in [-0.39, 0.29) is 16.6 Å². The molecule has 0 spiro atoms. The van der Waals surface area contributed by atoms with Crippen LogP contribution in [-0.4, -0.2) is 43.4 Å². The van der Waals surface area contributed by atoms with Gasteiger partial charge in [-0.05, 0) is 55.2 Å². The monoisotopic (exact) mass is 388 g/mol. The Labute approximate surface area is 159 Å². The summed E-state index contributed by atoms with van der Waals surface area (Å²) < 4.78 is 26.8. The van der Waals surface area contributed by atoms with Gasteiger partial charge < -0.3 is 10.4 Å². The van der Waals surface area contributed by atoms with Crippen molar-refractivity contribution in [3.8, 4) is 5.75 Å². The fourth-order valence-corrected chi connectivity index (χ4v) is 4.68. The molecular formula is C20H24N2O4S. The van der Waals surface area contributed by atoms with E-state index < -0.39 is 10.0 Å². The lowest BCUT2D eigenvalue weighted by molar-refractivity contribution is 0.0954. The van der Waals surface area contributed by atoms with E-state index >= 15 is 0 Å². The Morgan fingerprint density at radius 2 is 1.67 bits per heavy atom. The van der Waals surface area contributed by atoms with Crippen LogP contribution in [0.4, 0.5) is 0 Å². The fourth-order valence-electron chi connectivity index (χ4n) is 3.17. The average molecular weight is 388 g/mol. The molecule has 2 N–H and O–H groups in total. The zero-order chi connectivity index (χ0) is 19.3. The first kappa shape index (κ1) is 19.4. The summed E-state index contributed by atoms with van der Waals surface area (Å²) in [5.74, 6) is -0.0636. The van der Waals surface area contributed by atoms with E-state index in [1.807, 2.05) is 12.1 Å². The standard InChI is InChI=1S/C20H24N2O4S/c23-19-7-3-2-6-16(19)12-13-21-20(24)17-8-10-18(11-9-17)27(25,26)22-14-4-1-5-15-22/h2-3,6-11,23H,1,4-5,12-15H2,(H,21,24). The Bertz CT molecular complexity index is 888. The van der Waals surface area contributed by atoms with Gasteiger partial charge in [0.1, 0.15) is 5.75 Å². The predicted octanol–water partition coefficient (Wildman–Crippen LogP) is 2.54. The van der Waals surface area contributed by atoms with Gasteiger partial charge in [-0.25, -0.2) is 8.42 Å². The summed E-state index contributed by atoms with van der Waals surface area (Å²) >= 11 is 0. The number of carbonyl (C=O) groups is 1. The molecule has 1 fully saturated rings. The lowest BCUT2D eigenvalue weighted by atomic mass is 10.1. The molecule has 1 saturated heterocycles. The molecule has 0 saturated carbocycles. The molecule has 7 heteroatoms. The van der Waals surface area contributed by atoms with Crippen LogP contribution in [0.1, 0.15) is 35.2 Å². The molecule has 0 radical (unpaired) electrons. The van der Waals surface area contributed by atoms with Crippen LogP contribution in [-0.2, 0) is 16.4 Å². The molecule has 3 rings (SSSR count). The molecule has 0 aliphatic carbocycles. The third-order valence-corrected chi connectivity index (χ3v) is 6.65. The number of amides is 1. The first-order valence-corrected chi connectivity index (χ1v) is 10.6. The zero-order valence-electron chi connectivity index (χ0n) is 15.1. The molecule has 1 aliphatic rings. The Morgan fingerprint density at radius 1 is 1.00 bits per heavy atom. The van der Waals surface area contributed by atoms with Gasteiger partial charge in [-0.1, -0.05) is 24.6 Å². The van der Waals surface area contributed by atoms with Crippen molar-refractivity contribution in [1.82, 2.24) is 9.62 Å². The smallest absolute Gasteiger partial charge is 0.251 e. The number of hydrogen-bond acceptors (Lipinski definition) is 4. The average Bonchev–Trinajstić information content (AvgIpc) is 2.70. The van der Waals surface area contributed by atoms with Gasteiger partial charge in [0.15, 0.2) is 0 Å². The number of rotatable bonds is 6. The van der Waals surface area contributed by atoms with Crippen molar-refractivity contribution in [3.05, 3.63) is 59.7 Å². The third kappa shape index (κ3) is 4.67. The minimum absolute atomic E-state index is 0.207. The number of nitrogens with zero attached hydrogens (tertiary/aromatic N) is 1. The van der Waals surface area contributed by atoms with Gasteiger partial charge in [0.25, 0.3) is 5.91 Å². The molecule has 144 valence electrons. The number of nitrogens with one attached hydrogen (secondary N) is 1. The molecule has 2 aromatic rings. The number of para-hydroxylation sites is 1. The van der Waals surface area contributed by atoms with Crippen molar-refractivity contribution >= 4 is 15.9 Å². The quantitative estimate of drug-likeness (QED) is 0.796. The third-order valence-electron chi connectivity index (χ3n) is 4.74. The van der Waals surface area contributed by atoms with Crippen LogP contribution in [0, 0.1) is 0 Å². The largest absolute Gasteiger partial charge is 0.508 e. The topological polar surface area (TPSA) is 86.7 Å². The highest BCUT2D eigenvalue weighted by molar-refractivity contribution is 7.89. The van der Waals surface area contributed by atoms with Crippen LogP contribution in [0.5, 0.6) is 5.75 Å². The van der Waals surface area contributed by atoms with Crippen molar-refractivity contribution in [2.24, 2.45) is 0 Å². The highest BCUT2D eigenvalue weighted by Crippen LogP contribution is 2.21. The Kier molecular flexibility index (Phi) is 6.13. The summed E-state index contributed by atoms with van der Waals surface area (Å²) in [6, 6.07) is 13.0. The minimum atomic E-state index is -3.49. The molecular weight excluding hydrogens is 364 g/mol. The number of aromatic hydroxyl groups is 1. The summed E-state index contributed by atoms with van der Waals surface area (Å²) in [5, 5.41) is 12.5. The summed E-state index contributed by atoms with van der Waals surface area (Å²) in [5.41, 5.74) is 1.17. The number of sulfonamides is 1. The molecule has 2 aromatic carbocycles. The first-order chi connectivity index (χ1) is 13.0. The van der Waals surface area contributed by atoms with E-state index in [1.54, 1.807) is 12.1 Å². The van der Waals surface area contributed by atoms with Crippen LogP contribution in [0.25, 0.3) is 0 Å². The van der Waals surface area contributed by atoms with Gasteiger partial charge in [0.05, 0.1) is 4.90 Å². The Balaban J connectivity index is 1.59. The Hall–Kier alpha value is -2.38. The molecule has 1 amide bonds. The first-order valence-electron chi connectivity index (χ1n) is 9.14. The van der Waals surface area contributed by atoms with Crippen molar-refractivity contribution in [2.75, 3.05) is 19.6 Å². The van der Waals surface area contributed by atoms with Crippen molar-refractivity contribution in [3.63, 3.8) is 0 Å². The van der Waals surface area contributed by atoms with Crippen LogP contribution >= 0.6 is 0 Å². The maximum atomic E-state index is 12.6. The van der Waals surface area contributed by atoms with Crippen LogP contribution < -0.4 is 5.32 Å². The maximum Gasteiger partial charge on any atom is 0.251 e. The maximum absolute atomic E-state index is 12.6. The molecule has 0 bridgehead atoms. The predicted molar refractivity (Wildman–Crippen MR) is 103 cm³/mol. The van der Waals surface area contributed by atoms with E-state index in [0.717, 1.165) is 24.8 Å². The molecule has 1 heterocycles. The summed E-state index contributed by atoms with van der Waals surface area (Å²) in [6.45, 7) is 1.48. The summed E-state index contributed by atoms with van der Waals surface area (Å²) in [7, 11) is -3.49. The number of phenolic OH excluding ortho intramolecular Hbond substituents is 1. The molecule has 1 aliphatic heterocycles. The number of phenols is 1. The van der Waals surface area contributed by atoms with Gasteiger partial charge in [-0.2, -0.15) is 4.31 Å². The van der Waals surface area contributed by atoms with Gasteiger partial charge in [-0.15, -0.1) is 0 Å². The highest BCUT2D eigenvalue weighted by atomic mass is 32.2. The molecule has 0 aromatic heterocycles. The van der Waals surface area contributed by atoms with Gasteiger partial charge in [0.2, 0.25) is 10.0 Å². The second-order valence-electron chi connectivity index (χ2n) is 6.62. The number of carbonyl (C=O) groups excluding carboxylic acids is 1. The molecule has 6 nitrogen and oxygen atoms in total. The lowest BCUT2D eigenvalue weighted by Crippen LogP contribution is -2.35. The highest BCUT2D eigenvalue weighted by Gasteiger charge is 2.25. The van der Waals surface area contributed by atoms with Crippen LogP contribution in [0.3, 0.4) is 0 Å². The summed E-state index contributed by atoms with van der Waals surface area (Å²) in [6.07, 6.45) is 3.35. The lowest BCUT2D eigenvalue weighted by Gasteiger charge is -2.25. The van der Waals surface area contributed by atoms with Crippen molar-refractivity contribution in [1.29, 1.82) is 0 Å². The molecule has 0 unspecified atom stereocenters. The normalized spacial score (nSPS) is 15.4. The second-order valence-corrected chi connectivity index (χ2v) is 8.56. The van der Waals surface area contributed by atoms with Gasteiger partial charge >= 0.3 is 0 Å². The summed E-state index contributed by atoms with van der Waals surface area (Å²) in [4.78, 5) is 12.5. The van der Waals surface area contributed by atoms with Gasteiger partial charge in [-0.3, -0.25) is 4.79 Å². The van der Waals surface area contributed by atoms with E-state index in [1.165, 1.54) is 28.6 Å². The number of piperidine rings is 1. The number of benzene rings is 2. The fraction of sp³-hybridized carbons (Fsp3) is 0.350. The van der Waals surface area contributed by atoms with E-state index in [2.05, 4.69) is 5.32 Å². The van der Waals surface area contributed by atoms with E-state index in [4.69, 9.17) is 0 Å². The second kappa shape index (κ2) is 8.54. The van der Waals surface area contributed by atoms with E-state index in [9.17, 15) is 18.3 Å². The van der Waals surface area contributed by atoms with Crippen LogP contribution in [0.15, 0.2) is 53.4 Å². The molecule has 27 heavy (non-hydrogen) atoms. The van der Waals surface area contributed by atoms with E-state index in [0.29, 0.717) is 31.6 Å². The SMILES string of the molecule is O=C(NCCc1ccccc1O)c1ccc(S(=O)(=O)N2CCCCC2)cc1. The molecule has 0 atom stereocenters. The van der Waals surface area contributed by atoms with Crippen molar-refractivity contribution in [2.45, 2.75) is 30.6 Å². The van der Waals surface area contributed by atoms with Crippen LogP contribution in [0.2, 0.25) is 0 Å². The zero-order valence-corrected chi connectivity index (χ0v) is 15.9.